The number of rotatable bonds is 4. The Kier molecular flexibility index (Phi) is 5.52. The van der Waals surface area contributed by atoms with Crippen molar-refractivity contribution in [3.05, 3.63) is 59.2 Å². The summed E-state index contributed by atoms with van der Waals surface area (Å²) in [5.41, 5.74) is -1.24. The molecule has 0 spiro atoms. The summed E-state index contributed by atoms with van der Waals surface area (Å²) < 4.78 is 43.1. The van der Waals surface area contributed by atoms with Crippen LogP contribution in [0.1, 0.15) is 11.1 Å². The Bertz CT molecular complexity index is 899. The van der Waals surface area contributed by atoms with Crippen LogP contribution in [0.3, 0.4) is 0 Å². The molecule has 0 heterocycles. The first-order valence-electron chi connectivity index (χ1n) is 7.22. The highest BCUT2D eigenvalue weighted by Crippen LogP contribution is 2.31. The summed E-state index contributed by atoms with van der Waals surface area (Å²) in [6.07, 6.45) is -3.43. The van der Waals surface area contributed by atoms with Gasteiger partial charge in [-0.15, -0.1) is 0 Å². The summed E-state index contributed by atoms with van der Waals surface area (Å²) in [4.78, 5) is 12.2. The van der Waals surface area contributed by atoms with E-state index in [0.29, 0.717) is 5.75 Å². The molecule has 2 aromatic carbocycles. The van der Waals surface area contributed by atoms with Crippen molar-refractivity contribution in [2.45, 2.75) is 6.18 Å². The molecule has 26 heavy (non-hydrogen) atoms. The Morgan fingerprint density at radius 2 is 2.00 bits per heavy atom. The first kappa shape index (κ1) is 18.9. The number of nitrogens with zero attached hydrogens (tertiary/aromatic N) is 1. The molecule has 2 aromatic rings. The number of anilines is 1. The highest BCUT2D eigenvalue weighted by atomic mass is 19.4. The number of methoxy groups -OCH3 is 1. The van der Waals surface area contributed by atoms with Crippen molar-refractivity contribution in [2.24, 2.45) is 0 Å². The third-order valence-corrected chi connectivity index (χ3v) is 3.35. The van der Waals surface area contributed by atoms with Crippen LogP contribution in [0.25, 0.3) is 6.08 Å². The van der Waals surface area contributed by atoms with Gasteiger partial charge in [0.05, 0.1) is 12.7 Å². The fraction of sp³-hybridized carbons (Fsp3) is 0.111. The molecule has 134 valence electrons. The molecule has 0 aromatic heterocycles. The largest absolute Gasteiger partial charge is 0.507 e. The minimum Gasteiger partial charge on any atom is -0.507 e. The van der Waals surface area contributed by atoms with Gasteiger partial charge in [0, 0.05) is 17.3 Å². The van der Waals surface area contributed by atoms with E-state index in [4.69, 9.17) is 10.00 Å². The Morgan fingerprint density at radius 1 is 1.27 bits per heavy atom. The molecular weight excluding hydrogens is 349 g/mol. The van der Waals surface area contributed by atoms with Crippen molar-refractivity contribution >= 4 is 17.7 Å². The van der Waals surface area contributed by atoms with Crippen molar-refractivity contribution in [1.82, 2.24) is 0 Å². The highest BCUT2D eigenvalue weighted by molar-refractivity contribution is 6.09. The van der Waals surface area contributed by atoms with Gasteiger partial charge in [0.25, 0.3) is 5.91 Å². The SMILES string of the molecule is COc1ccc(/C=C(\C#N)C(=O)Nc2cccc(C(F)(F)F)c2)c(O)c1. The topological polar surface area (TPSA) is 82.3 Å². The quantitative estimate of drug-likeness (QED) is 0.637. The molecule has 0 unspecified atom stereocenters. The van der Waals surface area contributed by atoms with Crippen LogP contribution in [0.2, 0.25) is 0 Å². The normalized spacial score (nSPS) is 11.6. The Balaban J connectivity index is 2.26. The van der Waals surface area contributed by atoms with Crippen LogP contribution >= 0.6 is 0 Å². The maximum atomic E-state index is 12.7. The summed E-state index contributed by atoms with van der Waals surface area (Å²) in [6, 6.07) is 9.95. The minimum absolute atomic E-state index is 0.107. The number of amides is 1. The summed E-state index contributed by atoms with van der Waals surface area (Å²) in [5, 5.41) is 21.3. The maximum absolute atomic E-state index is 12.7. The van der Waals surface area contributed by atoms with E-state index >= 15 is 0 Å². The fourth-order valence-electron chi connectivity index (χ4n) is 2.05. The molecular formula is C18H13F3N2O3. The number of ether oxygens (including phenoxy) is 1. The van der Waals surface area contributed by atoms with E-state index in [-0.39, 0.29) is 22.6 Å². The van der Waals surface area contributed by atoms with Crippen molar-refractivity contribution in [2.75, 3.05) is 12.4 Å². The van der Waals surface area contributed by atoms with Crippen LogP contribution in [0.15, 0.2) is 48.0 Å². The molecule has 1 amide bonds. The van der Waals surface area contributed by atoms with Gasteiger partial charge in [-0.2, -0.15) is 18.4 Å². The smallest absolute Gasteiger partial charge is 0.416 e. The molecule has 0 aliphatic carbocycles. The number of hydrogen-bond acceptors (Lipinski definition) is 4. The van der Waals surface area contributed by atoms with Gasteiger partial charge in [0.1, 0.15) is 23.1 Å². The summed E-state index contributed by atoms with van der Waals surface area (Å²) in [7, 11) is 1.41. The molecule has 2 rings (SSSR count). The predicted octanol–water partition coefficient (Wildman–Crippen LogP) is 3.97. The number of phenols is 1. The Labute approximate surface area is 146 Å². The van der Waals surface area contributed by atoms with Gasteiger partial charge in [0.15, 0.2) is 0 Å². The third-order valence-electron chi connectivity index (χ3n) is 3.35. The second kappa shape index (κ2) is 7.61. The minimum atomic E-state index is -4.55. The van der Waals surface area contributed by atoms with Gasteiger partial charge in [-0.1, -0.05) is 6.07 Å². The Morgan fingerprint density at radius 3 is 2.58 bits per heavy atom. The zero-order chi connectivity index (χ0) is 19.3. The molecule has 0 radical (unpaired) electrons. The number of aromatic hydroxyl groups is 1. The first-order valence-corrected chi connectivity index (χ1v) is 7.22. The average Bonchev–Trinajstić information content (AvgIpc) is 2.60. The zero-order valence-corrected chi connectivity index (χ0v) is 13.5. The number of benzene rings is 2. The summed E-state index contributed by atoms with van der Waals surface area (Å²) >= 11 is 0. The molecule has 0 bridgehead atoms. The molecule has 0 saturated carbocycles. The van der Waals surface area contributed by atoms with Crippen LogP contribution in [0, 0.1) is 11.3 Å². The van der Waals surface area contributed by atoms with E-state index in [1.54, 1.807) is 6.07 Å². The number of carbonyl (C=O) groups is 1. The molecule has 0 fully saturated rings. The lowest BCUT2D eigenvalue weighted by Gasteiger charge is -2.09. The third kappa shape index (κ3) is 4.54. The number of alkyl halides is 3. The molecule has 0 aliphatic heterocycles. The monoisotopic (exact) mass is 362 g/mol. The number of phenolic OH excluding ortho intramolecular Hbond substituents is 1. The van der Waals surface area contributed by atoms with Crippen molar-refractivity contribution in [3.63, 3.8) is 0 Å². The van der Waals surface area contributed by atoms with Crippen molar-refractivity contribution in [1.29, 1.82) is 5.26 Å². The lowest BCUT2D eigenvalue weighted by atomic mass is 10.1. The van der Waals surface area contributed by atoms with E-state index in [0.717, 1.165) is 24.3 Å². The van der Waals surface area contributed by atoms with Crippen molar-refractivity contribution < 1.29 is 27.8 Å². The molecule has 0 aliphatic rings. The fourth-order valence-corrected chi connectivity index (χ4v) is 2.05. The molecule has 0 atom stereocenters. The van der Waals surface area contributed by atoms with E-state index in [1.807, 2.05) is 0 Å². The number of hydrogen-bond donors (Lipinski definition) is 2. The average molecular weight is 362 g/mol. The number of carbonyl (C=O) groups excluding carboxylic acids is 1. The van der Waals surface area contributed by atoms with Gasteiger partial charge >= 0.3 is 6.18 Å². The molecule has 8 heteroatoms. The second-order valence-corrected chi connectivity index (χ2v) is 5.13. The van der Waals surface area contributed by atoms with Gasteiger partial charge < -0.3 is 15.2 Å². The summed E-state index contributed by atoms with van der Waals surface area (Å²) in [5.74, 6) is -0.738. The first-order chi connectivity index (χ1) is 12.2. The summed E-state index contributed by atoms with van der Waals surface area (Å²) in [6.45, 7) is 0. The lowest BCUT2D eigenvalue weighted by molar-refractivity contribution is -0.137. The highest BCUT2D eigenvalue weighted by Gasteiger charge is 2.30. The second-order valence-electron chi connectivity index (χ2n) is 5.13. The Hall–Kier alpha value is -3.47. The van der Waals surface area contributed by atoms with Gasteiger partial charge in [-0.3, -0.25) is 4.79 Å². The number of halogens is 3. The maximum Gasteiger partial charge on any atom is 0.416 e. The van der Waals surface area contributed by atoms with E-state index in [2.05, 4.69) is 5.32 Å². The van der Waals surface area contributed by atoms with Gasteiger partial charge in [-0.25, -0.2) is 0 Å². The lowest BCUT2D eigenvalue weighted by Crippen LogP contribution is -2.14. The number of nitrogens with one attached hydrogen (secondary N) is 1. The predicted molar refractivity (Wildman–Crippen MR) is 88.3 cm³/mol. The van der Waals surface area contributed by atoms with E-state index < -0.39 is 17.6 Å². The van der Waals surface area contributed by atoms with Gasteiger partial charge in [0.2, 0.25) is 0 Å². The molecule has 0 saturated heterocycles. The molecule has 5 nitrogen and oxygen atoms in total. The van der Waals surface area contributed by atoms with Crippen LogP contribution in [0.4, 0.5) is 18.9 Å². The van der Waals surface area contributed by atoms with Gasteiger partial charge in [-0.05, 0) is 36.4 Å². The van der Waals surface area contributed by atoms with Crippen LogP contribution in [-0.4, -0.2) is 18.1 Å². The van der Waals surface area contributed by atoms with Crippen LogP contribution in [0.5, 0.6) is 11.5 Å². The molecule has 2 N–H and O–H groups in total. The van der Waals surface area contributed by atoms with E-state index in [1.165, 1.54) is 31.4 Å². The van der Waals surface area contributed by atoms with E-state index in [9.17, 15) is 23.1 Å². The van der Waals surface area contributed by atoms with Crippen LogP contribution < -0.4 is 10.1 Å². The standard InChI is InChI=1S/C18H13F3N2O3/c1-26-15-6-5-11(16(24)9-15)7-12(10-22)17(25)23-14-4-2-3-13(8-14)18(19,20)21/h2-9,24H,1H3,(H,23,25)/b12-7+. The van der Waals surface area contributed by atoms with Crippen LogP contribution in [-0.2, 0) is 11.0 Å². The van der Waals surface area contributed by atoms with Crippen molar-refractivity contribution in [3.8, 4) is 17.6 Å². The number of nitriles is 1. The zero-order valence-electron chi connectivity index (χ0n) is 13.5.